The number of hydrogen-bond acceptors (Lipinski definition) is 2. The molecule has 2 heteroatoms. The number of benzene rings is 9. The molecule has 0 radical (unpaired) electrons. The summed E-state index contributed by atoms with van der Waals surface area (Å²) >= 11 is 0. The fourth-order valence-electron chi connectivity index (χ4n) is 8.19. The van der Waals surface area contributed by atoms with Crippen molar-refractivity contribution in [2.24, 2.45) is 0 Å². The zero-order valence-electron chi connectivity index (χ0n) is 27.0. The van der Waals surface area contributed by atoms with Crippen LogP contribution in [-0.4, -0.2) is 0 Å². The van der Waals surface area contributed by atoms with Gasteiger partial charge in [0.15, 0.2) is 0 Å². The van der Waals surface area contributed by atoms with Crippen LogP contribution in [0.4, 0.5) is 0 Å². The standard InChI is InChI=1S/C48H28O2/c1-2-12-29(13-3-1)47-35-17-6-8-19-37(35)48(38-20-9-7-18-36(38)47)42-26-32(24-31-14-4-5-15-33(31)42)30-22-23-44-39(25-30)41-28-45-40(27-46(41)50-44)34-16-10-11-21-43(34)49-45/h1-28H. The number of furan rings is 2. The van der Waals surface area contributed by atoms with E-state index in [4.69, 9.17) is 8.83 Å². The number of para-hydroxylation sites is 1. The third-order valence-corrected chi connectivity index (χ3v) is 10.4. The molecule has 0 bridgehead atoms. The van der Waals surface area contributed by atoms with Crippen LogP contribution in [0.25, 0.3) is 110 Å². The average Bonchev–Trinajstić information content (AvgIpc) is 3.72. The minimum atomic E-state index is 0.867. The van der Waals surface area contributed by atoms with Gasteiger partial charge in [0.25, 0.3) is 0 Å². The Kier molecular flexibility index (Phi) is 5.70. The maximum absolute atomic E-state index is 6.44. The topological polar surface area (TPSA) is 26.3 Å². The first-order chi connectivity index (χ1) is 24.8. The molecule has 0 amide bonds. The Morgan fingerprint density at radius 3 is 1.48 bits per heavy atom. The summed E-state index contributed by atoms with van der Waals surface area (Å²) in [7, 11) is 0. The molecular formula is C48H28O2. The first kappa shape index (κ1) is 27.3. The zero-order chi connectivity index (χ0) is 32.8. The molecule has 9 aromatic carbocycles. The van der Waals surface area contributed by atoms with Gasteiger partial charge in [0.2, 0.25) is 0 Å². The van der Waals surface area contributed by atoms with Crippen LogP contribution in [0, 0.1) is 0 Å². The van der Waals surface area contributed by atoms with Crippen LogP contribution in [0.2, 0.25) is 0 Å². The van der Waals surface area contributed by atoms with Crippen LogP contribution in [0.1, 0.15) is 0 Å². The van der Waals surface area contributed by atoms with E-state index in [1.807, 2.05) is 18.2 Å². The van der Waals surface area contributed by atoms with Gasteiger partial charge in [-0.15, -0.1) is 0 Å². The van der Waals surface area contributed by atoms with Crippen molar-refractivity contribution in [2.75, 3.05) is 0 Å². The quantitative estimate of drug-likeness (QED) is 0.180. The summed E-state index contributed by atoms with van der Waals surface area (Å²) in [4.78, 5) is 0. The van der Waals surface area contributed by atoms with E-state index >= 15 is 0 Å². The third kappa shape index (κ3) is 3.96. The summed E-state index contributed by atoms with van der Waals surface area (Å²) in [6, 6.07) is 61.1. The molecular weight excluding hydrogens is 609 g/mol. The Morgan fingerprint density at radius 1 is 0.260 bits per heavy atom. The molecule has 0 aliphatic heterocycles. The molecule has 11 rings (SSSR count). The highest BCUT2D eigenvalue weighted by Gasteiger charge is 2.19. The van der Waals surface area contributed by atoms with E-state index in [0.29, 0.717) is 0 Å². The molecule has 0 saturated carbocycles. The number of hydrogen-bond donors (Lipinski definition) is 0. The Labute approximate surface area is 287 Å². The molecule has 0 unspecified atom stereocenters. The van der Waals surface area contributed by atoms with Crippen molar-refractivity contribution in [3.05, 3.63) is 170 Å². The number of rotatable bonds is 3. The average molecular weight is 637 g/mol. The van der Waals surface area contributed by atoms with E-state index in [1.54, 1.807) is 0 Å². The van der Waals surface area contributed by atoms with E-state index in [0.717, 1.165) is 49.4 Å². The maximum atomic E-state index is 6.44. The number of fused-ring (bicyclic) bond motifs is 9. The monoisotopic (exact) mass is 636 g/mol. The van der Waals surface area contributed by atoms with Gasteiger partial charge in [-0.3, -0.25) is 0 Å². The summed E-state index contributed by atoms with van der Waals surface area (Å²) in [5.74, 6) is 0. The molecule has 0 spiro atoms. The van der Waals surface area contributed by atoms with Crippen LogP contribution < -0.4 is 0 Å². The van der Waals surface area contributed by atoms with Crippen LogP contribution in [-0.2, 0) is 0 Å². The van der Waals surface area contributed by atoms with Gasteiger partial charge in [-0.2, -0.15) is 0 Å². The molecule has 0 aliphatic carbocycles. The lowest BCUT2D eigenvalue weighted by Gasteiger charge is -2.19. The Morgan fingerprint density at radius 2 is 0.780 bits per heavy atom. The molecule has 0 N–H and O–H groups in total. The Hall–Kier alpha value is -6.64. The Bertz CT molecular complexity index is 3080. The minimum absolute atomic E-state index is 0.867. The van der Waals surface area contributed by atoms with Gasteiger partial charge in [0, 0.05) is 21.5 Å². The van der Waals surface area contributed by atoms with Crippen molar-refractivity contribution >= 4 is 76.2 Å². The van der Waals surface area contributed by atoms with E-state index in [1.165, 1.54) is 60.1 Å². The zero-order valence-corrected chi connectivity index (χ0v) is 27.0. The van der Waals surface area contributed by atoms with Gasteiger partial charge in [-0.1, -0.05) is 127 Å². The smallest absolute Gasteiger partial charge is 0.136 e. The van der Waals surface area contributed by atoms with Crippen molar-refractivity contribution in [3.8, 4) is 33.4 Å². The van der Waals surface area contributed by atoms with Crippen LogP contribution in [0.3, 0.4) is 0 Å². The molecule has 2 heterocycles. The first-order valence-electron chi connectivity index (χ1n) is 17.1. The van der Waals surface area contributed by atoms with Gasteiger partial charge < -0.3 is 8.83 Å². The van der Waals surface area contributed by atoms with E-state index in [2.05, 4.69) is 152 Å². The molecule has 0 aliphatic rings. The van der Waals surface area contributed by atoms with Crippen LogP contribution >= 0.6 is 0 Å². The summed E-state index contributed by atoms with van der Waals surface area (Å²) < 4.78 is 12.7. The molecule has 0 saturated heterocycles. The fraction of sp³-hybridized carbons (Fsp3) is 0. The molecule has 0 atom stereocenters. The van der Waals surface area contributed by atoms with Gasteiger partial charge in [0.1, 0.15) is 22.3 Å². The van der Waals surface area contributed by atoms with Crippen LogP contribution in [0.5, 0.6) is 0 Å². The lowest BCUT2D eigenvalue weighted by molar-refractivity contribution is 0.664. The molecule has 11 aromatic rings. The van der Waals surface area contributed by atoms with E-state index in [-0.39, 0.29) is 0 Å². The lowest BCUT2D eigenvalue weighted by atomic mass is 9.84. The molecule has 232 valence electrons. The first-order valence-corrected chi connectivity index (χ1v) is 17.1. The van der Waals surface area contributed by atoms with Gasteiger partial charge in [0.05, 0.1) is 0 Å². The maximum Gasteiger partial charge on any atom is 0.136 e. The highest BCUT2D eigenvalue weighted by atomic mass is 16.3. The fourth-order valence-corrected chi connectivity index (χ4v) is 8.19. The summed E-state index contributed by atoms with van der Waals surface area (Å²) in [6.45, 7) is 0. The molecule has 0 fully saturated rings. The third-order valence-electron chi connectivity index (χ3n) is 10.4. The molecule has 50 heavy (non-hydrogen) atoms. The summed E-state index contributed by atoms with van der Waals surface area (Å²) in [5.41, 5.74) is 10.8. The Balaban J connectivity index is 1.18. The van der Waals surface area contributed by atoms with Crippen molar-refractivity contribution in [2.45, 2.75) is 0 Å². The highest BCUT2D eigenvalue weighted by molar-refractivity contribution is 6.24. The van der Waals surface area contributed by atoms with Crippen molar-refractivity contribution in [1.82, 2.24) is 0 Å². The van der Waals surface area contributed by atoms with E-state index in [9.17, 15) is 0 Å². The van der Waals surface area contributed by atoms with Gasteiger partial charge >= 0.3 is 0 Å². The highest BCUT2D eigenvalue weighted by Crippen LogP contribution is 2.47. The van der Waals surface area contributed by atoms with Gasteiger partial charge in [-0.05, 0) is 108 Å². The predicted molar refractivity (Wildman–Crippen MR) is 210 cm³/mol. The van der Waals surface area contributed by atoms with Crippen LogP contribution in [0.15, 0.2) is 179 Å². The van der Waals surface area contributed by atoms with Crippen molar-refractivity contribution < 1.29 is 8.83 Å². The normalized spacial score (nSPS) is 12.0. The minimum Gasteiger partial charge on any atom is -0.456 e. The van der Waals surface area contributed by atoms with E-state index < -0.39 is 0 Å². The van der Waals surface area contributed by atoms with Crippen molar-refractivity contribution in [3.63, 3.8) is 0 Å². The SMILES string of the molecule is c1ccc(-c2c3ccccc3c(-c3cc(-c4ccc5oc6cc7c(cc6c5c4)oc4ccccc47)cc4ccccc34)c3ccccc23)cc1. The van der Waals surface area contributed by atoms with Gasteiger partial charge in [-0.25, -0.2) is 0 Å². The second kappa shape index (κ2) is 10.4. The lowest BCUT2D eigenvalue weighted by Crippen LogP contribution is -1.92. The second-order valence-corrected chi connectivity index (χ2v) is 13.2. The predicted octanol–water partition coefficient (Wildman–Crippen LogP) is 13.9. The summed E-state index contributed by atoms with van der Waals surface area (Å²) in [5, 5.41) is 11.8. The second-order valence-electron chi connectivity index (χ2n) is 13.2. The largest absolute Gasteiger partial charge is 0.456 e. The van der Waals surface area contributed by atoms with Crippen molar-refractivity contribution in [1.29, 1.82) is 0 Å². The molecule has 2 nitrogen and oxygen atoms in total. The molecule has 2 aromatic heterocycles. The summed E-state index contributed by atoms with van der Waals surface area (Å²) in [6.07, 6.45) is 0.